The second kappa shape index (κ2) is 6.31. The molecule has 0 unspecified atom stereocenters. The van der Waals surface area contributed by atoms with Gasteiger partial charge in [0.1, 0.15) is 12.2 Å². The van der Waals surface area contributed by atoms with Gasteiger partial charge in [-0.2, -0.15) is 4.98 Å². The van der Waals surface area contributed by atoms with Gasteiger partial charge >= 0.3 is 0 Å². The largest absolute Gasteiger partial charge is 0.339 e. The van der Waals surface area contributed by atoms with Crippen LogP contribution in [0.15, 0.2) is 59.6 Å². The van der Waals surface area contributed by atoms with Gasteiger partial charge in [0.2, 0.25) is 17.6 Å². The van der Waals surface area contributed by atoms with E-state index in [4.69, 9.17) is 4.52 Å². The van der Waals surface area contributed by atoms with Crippen LogP contribution >= 0.6 is 0 Å². The van der Waals surface area contributed by atoms with E-state index in [0.717, 1.165) is 10.9 Å². The molecule has 0 bridgehead atoms. The summed E-state index contributed by atoms with van der Waals surface area (Å²) >= 11 is 0. The number of benzene rings is 1. The molecule has 0 aliphatic carbocycles. The van der Waals surface area contributed by atoms with Gasteiger partial charge in [0.25, 0.3) is 0 Å². The molecule has 4 heterocycles. The minimum absolute atomic E-state index is 0.0632. The molecule has 27 heavy (non-hydrogen) atoms. The van der Waals surface area contributed by atoms with E-state index < -0.39 is 0 Å². The normalized spacial score (nSPS) is 14.4. The van der Waals surface area contributed by atoms with Gasteiger partial charge in [-0.15, -0.1) is 0 Å². The van der Waals surface area contributed by atoms with E-state index in [-0.39, 0.29) is 11.8 Å². The average molecular weight is 360 g/mol. The number of carbonyl (C=O) groups is 1. The van der Waals surface area contributed by atoms with Crippen LogP contribution in [0.25, 0.3) is 22.4 Å². The third kappa shape index (κ3) is 2.84. The standard InChI is InChI=1S/C19H16N6O2/c26-17(12-24-8-5-13-3-1-2-4-16(13)24)25-10-14(11-25)19-22-18(23-27-19)15-9-20-6-7-21-15/h1-9,14H,10-12H2. The van der Waals surface area contributed by atoms with Gasteiger partial charge in [0, 0.05) is 37.2 Å². The van der Waals surface area contributed by atoms with Gasteiger partial charge < -0.3 is 14.0 Å². The molecule has 1 amide bonds. The average Bonchev–Trinajstić information content (AvgIpc) is 3.29. The topological polar surface area (TPSA) is 89.9 Å². The van der Waals surface area contributed by atoms with Crippen molar-refractivity contribution in [2.24, 2.45) is 0 Å². The molecular formula is C19H16N6O2. The Labute approximate surface area is 154 Å². The predicted octanol–water partition coefficient (Wildman–Crippen LogP) is 2.11. The molecule has 1 saturated heterocycles. The van der Waals surface area contributed by atoms with Crippen LogP contribution in [0.3, 0.4) is 0 Å². The van der Waals surface area contributed by atoms with Gasteiger partial charge in [-0.1, -0.05) is 23.4 Å². The Morgan fingerprint density at radius 3 is 2.93 bits per heavy atom. The predicted molar refractivity (Wildman–Crippen MR) is 96.6 cm³/mol. The van der Waals surface area contributed by atoms with Crippen LogP contribution in [0.2, 0.25) is 0 Å². The van der Waals surface area contributed by atoms with Crippen LogP contribution in [0.1, 0.15) is 11.8 Å². The lowest BCUT2D eigenvalue weighted by atomic mass is 10.00. The molecule has 3 aromatic heterocycles. The van der Waals surface area contributed by atoms with Crippen LogP contribution in [0.4, 0.5) is 0 Å². The summed E-state index contributed by atoms with van der Waals surface area (Å²) in [5.41, 5.74) is 1.63. The van der Waals surface area contributed by atoms with Crippen LogP contribution in [-0.2, 0) is 11.3 Å². The molecule has 1 aromatic carbocycles. The summed E-state index contributed by atoms with van der Waals surface area (Å²) in [6.07, 6.45) is 6.71. The smallest absolute Gasteiger partial charge is 0.242 e. The number of para-hydroxylation sites is 1. The Kier molecular flexibility index (Phi) is 3.67. The second-order valence-corrected chi connectivity index (χ2v) is 6.54. The molecule has 0 radical (unpaired) electrons. The number of hydrogen-bond acceptors (Lipinski definition) is 6. The molecule has 0 N–H and O–H groups in total. The molecule has 5 rings (SSSR count). The number of nitrogens with zero attached hydrogens (tertiary/aromatic N) is 6. The molecule has 0 saturated carbocycles. The first-order valence-electron chi connectivity index (χ1n) is 8.69. The molecule has 8 nitrogen and oxygen atoms in total. The Morgan fingerprint density at radius 1 is 1.19 bits per heavy atom. The van der Waals surface area contributed by atoms with Crippen molar-refractivity contribution in [3.8, 4) is 11.5 Å². The van der Waals surface area contributed by atoms with E-state index in [1.54, 1.807) is 18.6 Å². The first-order valence-corrected chi connectivity index (χ1v) is 8.69. The Balaban J connectivity index is 1.23. The quantitative estimate of drug-likeness (QED) is 0.554. The monoisotopic (exact) mass is 360 g/mol. The number of aromatic nitrogens is 5. The van der Waals surface area contributed by atoms with Crippen molar-refractivity contribution in [2.75, 3.05) is 13.1 Å². The SMILES string of the molecule is O=C(Cn1ccc2ccccc21)N1CC(c2nc(-c3cnccn3)no2)C1. The highest BCUT2D eigenvalue weighted by atomic mass is 16.5. The number of amides is 1. The molecule has 134 valence electrons. The van der Waals surface area contributed by atoms with E-state index in [1.165, 1.54) is 0 Å². The number of likely N-dealkylation sites (tertiary alicyclic amines) is 1. The Bertz CT molecular complexity index is 1100. The Morgan fingerprint density at radius 2 is 2.07 bits per heavy atom. The lowest BCUT2D eigenvalue weighted by molar-refractivity contribution is -0.136. The van der Waals surface area contributed by atoms with Crippen LogP contribution in [0, 0.1) is 0 Å². The number of hydrogen-bond donors (Lipinski definition) is 0. The number of rotatable bonds is 4. The van der Waals surface area contributed by atoms with Gasteiger partial charge in [0.05, 0.1) is 12.1 Å². The summed E-state index contributed by atoms with van der Waals surface area (Å²) in [5, 5.41) is 5.09. The number of fused-ring (bicyclic) bond motifs is 1. The minimum Gasteiger partial charge on any atom is -0.339 e. The molecule has 4 aromatic rings. The zero-order chi connectivity index (χ0) is 18.2. The zero-order valence-corrected chi connectivity index (χ0v) is 14.4. The van der Waals surface area contributed by atoms with Gasteiger partial charge in [-0.05, 0) is 17.5 Å². The number of carbonyl (C=O) groups excluding carboxylic acids is 1. The highest BCUT2D eigenvalue weighted by Crippen LogP contribution is 2.27. The van der Waals surface area contributed by atoms with Crippen molar-refractivity contribution in [2.45, 2.75) is 12.5 Å². The summed E-state index contributed by atoms with van der Waals surface area (Å²) in [6, 6.07) is 10.1. The third-order valence-corrected chi connectivity index (χ3v) is 4.80. The highest BCUT2D eigenvalue weighted by Gasteiger charge is 2.35. The molecule has 8 heteroatoms. The molecule has 1 aliphatic rings. The van der Waals surface area contributed by atoms with Crippen LogP contribution in [-0.4, -0.2) is 48.6 Å². The Hall–Kier alpha value is -3.55. The lowest BCUT2D eigenvalue weighted by Crippen LogP contribution is -2.49. The van der Waals surface area contributed by atoms with Crippen molar-refractivity contribution < 1.29 is 9.32 Å². The van der Waals surface area contributed by atoms with Crippen molar-refractivity contribution in [1.82, 2.24) is 29.6 Å². The highest BCUT2D eigenvalue weighted by molar-refractivity contribution is 5.83. The zero-order valence-electron chi connectivity index (χ0n) is 14.4. The van der Waals surface area contributed by atoms with E-state index in [9.17, 15) is 4.79 Å². The van der Waals surface area contributed by atoms with E-state index in [2.05, 4.69) is 20.1 Å². The lowest BCUT2D eigenvalue weighted by Gasteiger charge is -2.37. The fourth-order valence-electron chi connectivity index (χ4n) is 3.28. The molecule has 1 fully saturated rings. The van der Waals surface area contributed by atoms with Gasteiger partial charge in [0.15, 0.2) is 0 Å². The first kappa shape index (κ1) is 15.7. The fourth-order valence-corrected chi connectivity index (χ4v) is 3.28. The third-order valence-electron chi connectivity index (χ3n) is 4.80. The maximum absolute atomic E-state index is 12.6. The fraction of sp³-hybridized carbons (Fsp3) is 0.211. The summed E-state index contributed by atoms with van der Waals surface area (Å²) in [7, 11) is 0. The summed E-state index contributed by atoms with van der Waals surface area (Å²) in [5.74, 6) is 1.10. The molecule has 1 aliphatic heterocycles. The summed E-state index contributed by atoms with van der Waals surface area (Å²) in [6.45, 7) is 1.50. The van der Waals surface area contributed by atoms with Gasteiger partial charge in [-0.25, -0.2) is 4.98 Å². The van der Waals surface area contributed by atoms with E-state index >= 15 is 0 Å². The molecular weight excluding hydrogens is 344 g/mol. The molecule has 0 spiro atoms. The van der Waals surface area contributed by atoms with Crippen molar-refractivity contribution in [1.29, 1.82) is 0 Å². The van der Waals surface area contributed by atoms with Gasteiger partial charge in [-0.3, -0.25) is 9.78 Å². The minimum atomic E-state index is 0.0632. The maximum atomic E-state index is 12.6. The van der Waals surface area contributed by atoms with Crippen molar-refractivity contribution in [3.63, 3.8) is 0 Å². The van der Waals surface area contributed by atoms with Crippen molar-refractivity contribution >= 4 is 16.8 Å². The summed E-state index contributed by atoms with van der Waals surface area (Å²) in [4.78, 5) is 26.9. The van der Waals surface area contributed by atoms with Crippen molar-refractivity contribution in [3.05, 3.63) is 61.0 Å². The maximum Gasteiger partial charge on any atom is 0.242 e. The van der Waals surface area contributed by atoms with E-state index in [0.29, 0.717) is 37.0 Å². The van der Waals surface area contributed by atoms with E-state index in [1.807, 2.05) is 46.0 Å². The molecule has 0 atom stereocenters. The van der Waals surface area contributed by atoms with Crippen LogP contribution < -0.4 is 0 Å². The second-order valence-electron chi connectivity index (χ2n) is 6.54. The van der Waals surface area contributed by atoms with Crippen LogP contribution in [0.5, 0.6) is 0 Å². The summed E-state index contributed by atoms with van der Waals surface area (Å²) < 4.78 is 7.32. The first-order chi connectivity index (χ1) is 13.3.